The van der Waals surface area contributed by atoms with Gasteiger partial charge in [0.1, 0.15) is 0 Å². The number of benzene rings is 1. The Morgan fingerprint density at radius 2 is 2.00 bits per heavy atom. The van der Waals surface area contributed by atoms with Crippen LogP contribution in [0.1, 0.15) is 13.8 Å². The molecule has 0 spiro atoms. The molecule has 0 radical (unpaired) electrons. The van der Waals surface area contributed by atoms with Crippen molar-refractivity contribution in [2.24, 2.45) is 5.92 Å². The summed E-state index contributed by atoms with van der Waals surface area (Å²) >= 11 is 1.32. The van der Waals surface area contributed by atoms with Crippen LogP contribution in [0, 0.1) is 5.92 Å². The summed E-state index contributed by atoms with van der Waals surface area (Å²) < 4.78 is 4.32. The first kappa shape index (κ1) is 13.0. The van der Waals surface area contributed by atoms with Gasteiger partial charge in [0, 0.05) is 17.1 Å². The van der Waals surface area contributed by atoms with Crippen LogP contribution in [0.4, 0.5) is 5.13 Å². The average molecular weight is 263 g/mol. The SMILES string of the molecule is CC(C)[C@@H](CO)Nc1nc(-c2ccccc2)ns1. The Morgan fingerprint density at radius 1 is 1.28 bits per heavy atom. The predicted molar refractivity (Wildman–Crippen MR) is 74.7 cm³/mol. The summed E-state index contributed by atoms with van der Waals surface area (Å²) in [7, 11) is 0. The van der Waals surface area contributed by atoms with Crippen LogP contribution in [0.3, 0.4) is 0 Å². The normalized spacial score (nSPS) is 12.7. The van der Waals surface area contributed by atoms with Gasteiger partial charge in [-0.25, -0.2) is 0 Å². The maximum atomic E-state index is 9.28. The lowest BCUT2D eigenvalue weighted by Gasteiger charge is -2.18. The lowest BCUT2D eigenvalue weighted by atomic mass is 10.1. The van der Waals surface area contributed by atoms with Crippen LogP contribution in [0.15, 0.2) is 30.3 Å². The Hall–Kier alpha value is -1.46. The van der Waals surface area contributed by atoms with Crippen molar-refractivity contribution >= 4 is 16.7 Å². The summed E-state index contributed by atoms with van der Waals surface area (Å²) in [5.41, 5.74) is 1.01. The van der Waals surface area contributed by atoms with Crippen molar-refractivity contribution in [2.75, 3.05) is 11.9 Å². The second-order valence-corrected chi connectivity index (χ2v) is 5.22. The Bertz CT molecular complexity index is 484. The summed E-state index contributed by atoms with van der Waals surface area (Å²) in [6.07, 6.45) is 0. The zero-order valence-electron chi connectivity index (χ0n) is 10.5. The Labute approximate surface area is 111 Å². The van der Waals surface area contributed by atoms with E-state index in [-0.39, 0.29) is 12.6 Å². The van der Waals surface area contributed by atoms with E-state index in [1.165, 1.54) is 11.5 Å². The number of hydrogen-bond acceptors (Lipinski definition) is 5. The van der Waals surface area contributed by atoms with Gasteiger partial charge in [-0.3, -0.25) is 0 Å². The minimum Gasteiger partial charge on any atom is -0.394 e. The van der Waals surface area contributed by atoms with Crippen LogP contribution < -0.4 is 5.32 Å². The summed E-state index contributed by atoms with van der Waals surface area (Å²) in [6, 6.07) is 9.88. The highest BCUT2D eigenvalue weighted by molar-refractivity contribution is 7.09. The molecular formula is C13H17N3OS. The van der Waals surface area contributed by atoms with Crippen molar-refractivity contribution in [1.82, 2.24) is 9.36 Å². The van der Waals surface area contributed by atoms with Gasteiger partial charge in [0.15, 0.2) is 5.82 Å². The molecule has 0 amide bonds. The quantitative estimate of drug-likeness (QED) is 0.870. The zero-order valence-corrected chi connectivity index (χ0v) is 11.3. The van der Waals surface area contributed by atoms with E-state index in [0.29, 0.717) is 5.92 Å². The lowest BCUT2D eigenvalue weighted by molar-refractivity contribution is 0.249. The predicted octanol–water partition coefficient (Wildman–Crippen LogP) is 2.63. The molecule has 0 fully saturated rings. The van der Waals surface area contributed by atoms with Gasteiger partial charge >= 0.3 is 0 Å². The molecule has 0 aliphatic rings. The van der Waals surface area contributed by atoms with Crippen LogP contribution in [0.2, 0.25) is 0 Å². The third kappa shape index (κ3) is 3.05. The van der Waals surface area contributed by atoms with E-state index in [1.54, 1.807) is 0 Å². The number of rotatable bonds is 5. The molecule has 96 valence electrons. The number of aromatic nitrogens is 2. The monoisotopic (exact) mass is 263 g/mol. The summed E-state index contributed by atoms with van der Waals surface area (Å²) in [5.74, 6) is 1.07. The number of aliphatic hydroxyl groups is 1. The van der Waals surface area contributed by atoms with Gasteiger partial charge in [-0.1, -0.05) is 44.2 Å². The molecule has 0 saturated carbocycles. The molecule has 4 nitrogen and oxygen atoms in total. The second-order valence-electron chi connectivity index (χ2n) is 4.47. The van der Waals surface area contributed by atoms with Crippen molar-refractivity contribution < 1.29 is 5.11 Å². The highest BCUT2D eigenvalue weighted by atomic mass is 32.1. The molecule has 0 bridgehead atoms. The molecule has 1 atom stereocenters. The fourth-order valence-corrected chi connectivity index (χ4v) is 2.22. The van der Waals surface area contributed by atoms with E-state index in [0.717, 1.165) is 16.5 Å². The number of nitrogens with zero attached hydrogens (tertiary/aromatic N) is 2. The topological polar surface area (TPSA) is 58.0 Å². The molecule has 2 N–H and O–H groups in total. The van der Waals surface area contributed by atoms with Gasteiger partial charge in [-0.05, 0) is 5.92 Å². The molecule has 0 saturated heterocycles. The zero-order chi connectivity index (χ0) is 13.0. The first-order chi connectivity index (χ1) is 8.70. The molecule has 2 rings (SSSR count). The van der Waals surface area contributed by atoms with Crippen LogP contribution in [-0.2, 0) is 0 Å². The first-order valence-electron chi connectivity index (χ1n) is 5.97. The maximum Gasteiger partial charge on any atom is 0.203 e. The first-order valence-corrected chi connectivity index (χ1v) is 6.74. The Balaban J connectivity index is 2.11. The lowest BCUT2D eigenvalue weighted by Crippen LogP contribution is -2.29. The Kier molecular flexibility index (Phi) is 4.28. The van der Waals surface area contributed by atoms with E-state index in [2.05, 4.69) is 28.5 Å². The van der Waals surface area contributed by atoms with Gasteiger partial charge in [0.2, 0.25) is 5.13 Å². The van der Waals surface area contributed by atoms with E-state index in [1.807, 2.05) is 30.3 Å². The molecular weight excluding hydrogens is 246 g/mol. The van der Waals surface area contributed by atoms with Gasteiger partial charge < -0.3 is 10.4 Å². The third-order valence-electron chi connectivity index (χ3n) is 2.77. The number of anilines is 1. The number of hydrogen-bond donors (Lipinski definition) is 2. The van der Waals surface area contributed by atoms with E-state index in [4.69, 9.17) is 0 Å². The van der Waals surface area contributed by atoms with Crippen molar-refractivity contribution in [1.29, 1.82) is 0 Å². The molecule has 2 aromatic rings. The second kappa shape index (κ2) is 5.93. The average Bonchev–Trinajstić information content (AvgIpc) is 2.85. The summed E-state index contributed by atoms with van der Waals surface area (Å²) in [5, 5.41) is 13.2. The minimum atomic E-state index is 0.0153. The van der Waals surface area contributed by atoms with Crippen LogP contribution in [0.25, 0.3) is 11.4 Å². The van der Waals surface area contributed by atoms with Crippen molar-refractivity contribution in [2.45, 2.75) is 19.9 Å². The molecule has 5 heteroatoms. The van der Waals surface area contributed by atoms with Gasteiger partial charge in [-0.2, -0.15) is 9.36 Å². The van der Waals surface area contributed by atoms with Crippen molar-refractivity contribution in [3.63, 3.8) is 0 Å². The van der Waals surface area contributed by atoms with E-state index in [9.17, 15) is 5.11 Å². The number of nitrogens with one attached hydrogen (secondary N) is 1. The number of aliphatic hydroxyl groups excluding tert-OH is 1. The largest absolute Gasteiger partial charge is 0.394 e. The minimum absolute atomic E-state index is 0.0153. The molecule has 0 aliphatic carbocycles. The van der Waals surface area contributed by atoms with Crippen LogP contribution in [0.5, 0.6) is 0 Å². The van der Waals surface area contributed by atoms with E-state index >= 15 is 0 Å². The molecule has 1 aromatic heterocycles. The van der Waals surface area contributed by atoms with Gasteiger partial charge in [-0.15, -0.1) is 0 Å². The Morgan fingerprint density at radius 3 is 2.61 bits per heavy atom. The fourth-order valence-electron chi connectivity index (χ4n) is 1.57. The summed E-state index contributed by atoms with van der Waals surface area (Å²) in [4.78, 5) is 4.44. The van der Waals surface area contributed by atoms with E-state index < -0.39 is 0 Å². The molecule has 1 aromatic carbocycles. The molecule has 1 heterocycles. The molecule has 18 heavy (non-hydrogen) atoms. The molecule has 0 aliphatic heterocycles. The standard InChI is InChI=1S/C13H17N3OS/c1-9(2)11(8-17)14-13-15-12(16-18-13)10-6-4-3-5-7-10/h3-7,9,11,17H,8H2,1-2H3,(H,14,15,16)/t11-/m1/s1. The molecule has 0 unspecified atom stereocenters. The van der Waals surface area contributed by atoms with Gasteiger partial charge in [0.25, 0.3) is 0 Å². The van der Waals surface area contributed by atoms with Crippen LogP contribution >= 0.6 is 11.5 Å². The van der Waals surface area contributed by atoms with Gasteiger partial charge in [0.05, 0.1) is 12.6 Å². The van der Waals surface area contributed by atoms with Crippen molar-refractivity contribution in [3.05, 3.63) is 30.3 Å². The highest BCUT2D eigenvalue weighted by Gasteiger charge is 2.14. The summed E-state index contributed by atoms with van der Waals surface area (Å²) in [6.45, 7) is 4.22. The van der Waals surface area contributed by atoms with Crippen molar-refractivity contribution in [3.8, 4) is 11.4 Å². The smallest absolute Gasteiger partial charge is 0.203 e. The highest BCUT2D eigenvalue weighted by Crippen LogP contribution is 2.22. The fraction of sp³-hybridized carbons (Fsp3) is 0.385. The third-order valence-corrected chi connectivity index (χ3v) is 3.41. The maximum absolute atomic E-state index is 9.28. The van der Waals surface area contributed by atoms with Crippen LogP contribution in [-0.4, -0.2) is 27.1 Å².